The first-order chi connectivity index (χ1) is 9.19. The van der Waals surface area contributed by atoms with Crippen LogP contribution in [0.5, 0.6) is 0 Å². The first-order valence-electron chi connectivity index (χ1n) is 6.27. The van der Waals surface area contributed by atoms with Crippen LogP contribution >= 0.6 is 24.8 Å². The number of rotatable bonds is 3. The maximum Gasteiger partial charge on any atom is 0.186 e. The molecular weight excluding hydrogens is 315 g/mol. The quantitative estimate of drug-likeness (QED) is 0.869. The molecule has 0 bridgehead atoms. The number of nitrogen functional groups attached to an aromatic ring is 1. The van der Waals surface area contributed by atoms with Gasteiger partial charge >= 0.3 is 0 Å². The van der Waals surface area contributed by atoms with Crippen molar-refractivity contribution >= 4 is 41.8 Å². The van der Waals surface area contributed by atoms with Crippen molar-refractivity contribution in [2.45, 2.75) is 12.2 Å². The van der Waals surface area contributed by atoms with E-state index >= 15 is 0 Å². The third-order valence-corrected chi connectivity index (χ3v) is 3.80. The summed E-state index contributed by atoms with van der Waals surface area (Å²) in [6.45, 7) is 1.45. The number of ether oxygens (including phenoxy) is 2. The van der Waals surface area contributed by atoms with Gasteiger partial charge in [-0.2, -0.15) is 0 Å². The Kier molecular flexibility index (Phi) is 5.69. The Bertz CT molecular complexity index is 601. The lowest BCUT2D eigenvalue weighted by Gasteiger charge is -2.26. The fourth-order valence-corrected chi connectivity index (χ4v) is 2.59. The van der Waals surface area contributed by atoms with Crippen LogP contribution in [0.2, 0.25) is 0 Å². The molecule has 8 heteroatoms. The molecule has 0 amide bonds. The van der Waals surface area contributed by atoms with Gasteiger partial charge in [-0.25, -0.2) is 4.52 Å². The van der Waals surface area contributed by atoms with Crippen LogP contribution in [0.3, 0.4) is 0 Å². The second-order valence-electron chi connectivity index (χ2n) is 4.76. The number of hydrogen-bond acceptors (Lipinski definition) is 5. The molecule has 0 aromatic carbocycles. The second kappa shape index (κ2) is 6.70. The number of anilines is 2. The lowest BCUT2D eigenvalue weighted by molar-refractivity contribution is -0.189. The Balaban J connectivity index is 0.00000110. The largest absolute Gasteiger partial charge is 0.394 e. The van der Waals surface area contributed by atoms with Gasteiger partial charge in [-0.05, 0) is 12.1 Å². The molecule has 3 heterocycles. The Morgan fingerprint density at radius 1 is 1.24 bits per heavy atom. The van der Waals surface area contributed by atoms with Crippen molar-refractivity contribution in [2.24, 2.45) is 0 Å². The molecule has 2 aromatic heterocycles. The molecule has 1 aliphatic heterocycles. The summed E-state index contributed by atoms with van der Waals surface area (Å²) in [6, 6.07) is 5.85. The minimum absolute atomic E-state index is 0. The van der Waals surface area contributed by atoms with E-state index in [4.69, 9.17) is 15.2 Å². The molecule has 2 aromatic rings. The predicted molar refractivity (Wildman–Crippen MR) is 87.7 cm³/mol. The van der Waals surface area contributed by atoms with Crippen LogP contribution in [-0.2, 0) is 9.47 Å². The van der Waals surface area contributed by atoms with Crippen molar-refractivity contribution in [3.05, 3.63) is 24.4 Å². The highest BCUT2D eigenvalue weighted by atomic mass is 35.5. The molecule has 118 valence electrons. The molecule has 0 atom stereocenters. The van der Waals surface area contributed by atoms with E-state index < -0.39 is 5.79 Å². The molecule has 0 unspecified atom stereocenters. The summed E-state index contributed by atoms with van der Waals surface area (Å²) in [7, 11) is 3.33. The van der Waals surface area contributed by atoms with Crippen LogP contribution in [0.25, 0.3) is 5.52 Å². The van der Waals surface area contributed by atoms with Gasteiger partial charge in [-0.3, -0.25) is 0 Å². The van der Waals surface area contributed by atoms with Crippen LogP contribution in [-0.4, -0.2) is 42.7 Å². The topological polar surface area (TPSA) is 65.0 Å². The van der Waals surface area contributed by atoms with Crippen LogP contribution in [0.4, 0.5) is 11.5 Å². The minimum atomic E-state index is -0.553. The maximum absolute atomic E-state index is 6.18. The zero-order valence-electron chi connectivity index (χ0n) is 12.0. The van der Waals surface area contributed by atoms with Gasteiger partial charge in [0, 0.05) is 33.4 Å². The van der Waals surface area contributed by atoms with Crippen molar-refractivity contribution in [1.29, 1.82) is 0 Å². The third kappa shape index (κ3) is 2.89. The molecule has 1 fully saturated rings. The van der Waals surface area contributed by atoms with Gasteiger partial charge in [0.25, 0.3) is 0 Å². The maximum atomic E-state index is 6.18. The molecule has 6 nitrogen and oxygen atoms in total. The molecule has 21 heavy (non-hydrogen) atoms. The number of nitrogens with two attached hydrogens (primary N) is 1. The summed E-state index contributed by atoms with van der Waals surface area (Å²) in [4.78, 5) is 2.11. The fraction of sp³-hybridized carbons (Fsp3) is 0.462. The lowest BCUT2D eigenvalue weighted by atomic mass is 10.2. The molecular formula is C13H20Cl2N4O2. The average molecular weight is 335 g/mol. The van der Waals surface area contributed by atoms with Crippen LogP contribution in [0, 0.1) is 0 Å². The average Bonchev–Trinajstić information content (AvgIpc) is 3.02. The number of fused-ring (bicyclic) bond motifs is 1. The standard InChI is InChI=1S/C13H18N4O2.2ClH/c1-18-13(19-2)6-8-16(9-13)12-11(14)10-5-3-4-7-17(10)15-12;;/h3-5,7H,6,8-9,14H2,1-2H3;2*1H. The number of nitrogens with zero attached hydrogens (tertiary/aromatic N) is 3. The molecule has 1 saturated heterocycles. The minimum Gasteiger partial charge on any atom is -0.394 e. The van der Waals surface area contributed by atoms with Crippen molar-refractivity contribution in [1.82, 2.24) is 9.61 Å². The number of aromatic nitrogens is 2. The molecule has 3 rings (SSSR count). The Morgan fingerprint density at radius 3 is 2.52 bits per heavy atom. The van der Waals surface area contributed by atoms with E-state index in [0.29, 0.717) is 12.2 Å². The predicted octanol–water partition coefficient (Wildman–Crippen LogP) is 1.96. The molecule has 0 saturated carbocycles. The van der Waals surface area contributed by atoms with E-state index in [9.17, 15) is 0 Å². The monoisotopic (exact) mass is 334 g/mol. The van der Waals surface area contributed by atoms with Crippen LogP contribution in [0.15, 0.2) is 24.4 Å². The van der Waals surface area contributed by atoms with Gasteiger partial charge in [0.05, 0.1) is 12.1 Å². The summed E-state index contributed by atoms with van der Waals surface area (Å²) in [5.41, 5.74) is 7.80. The zero-order valence-corrected chi connectivity index (χ0v) is 13.6. The Morgan fingerprint density at radius 2 is 1.95 bits per heavy atom. The highest BCUT2D eigenvalue weighted by Crippen LogP contribution is 2.33. The van der Waals surface area contributed by atoms with Crippen LogP contribution < -0.4 is 10.6 Å². The summed E-state index contributed by atoms with van der Waals surface area (Å²) in [5.74, 6) is 0.240. The van der Waals surface area contributed by atoms with Gasteiger partial charge in [0.1, 0.15) is 5.69 Å². The summed E-state index contributed by atoms with van der Waals surface area (Å²) in [6.07, 6.45) is 2.69. The third-order valence-electron chi connectivity index (χ3n) is 3.80. The van der Waals surface area contributed by atoms with Crippen molar-refractivity contribution in [3.8, 4) is 0 Å². The Hall–Kier alpha value is -1.21. The zero-order chi connectivity index (χ0) is 13.5. The van der Waals surface area contributed by atoms with E-state index in [0.717, 1.165) is 24.3 Å². The van der Waals surface area contributed by atoms with Gasteiger partial charge in [-0.15, -0.1) is 29.9 Å². The van der Waals surface area contributed by atoms with E-state index in [1.54, 1.807) is 18.7 Å². The van der Waals surface area contributed by atoms with Crippen molar-refractivity contribution in [3.63, 3.8) is 0 Å². The number of halogens is 2. The van der Waals surface area contributed by atoms with Crippen LogP contribution in [0.1, 0.15) is 6.42 Å². The molecule has 0 spiro atoms. The summed E-state index contributed by atoms with van der Waals surface area (Å²) < 4.78 is 12.7. The fourth-order valence-electron chi connectivity index (χ4n) is 2.59. The second-order valence-corrected chi connectivity index (χ2v) is 4.76. The summed E-state index contributed by atoms with van der Waals surface area (Å²) >= 11 is 0. The van der Waals surface area contributed by atoms with E-state index in [1.807, 2.05) is 24.4 Å². The molecule has 0 radical (unpaired) electrons. The molecule has 1 aliphatic rings. The summed E-state index contributed by atoms with van der Waals surface area (Å²) in [5, 5.41) is 4.53. The normalized spacial score (nSPS) is 16.6. The SMILES string of the molecule is COC1(OC)CCN(c2nn3ccccc3c2N)C1.Cl.Cl. The van der Waals surface area contributed by atoms with E-state index in [-0.39, 0.29) is 24.8 Å². The van der Waals surface area contributed by atoms with Gasteiger partial charge in [0.2, 0.25) is 0 Å². The van der Waals surface area contributed by atoms with E-state index in [2.05, 4.69) is 10.00 Å². The first kappa shape index (κ1) is 17.8. The Labute approximate surface area is 136 Å². The molecule has 0 aliphatic carbocycles. The first-order valence-corrected chi connectivity index (χ1v) is 6.27. The van der Waals surface area contributed by atoms with Gasteiger partial charge in [0.15, 0.2) is 11.6 Å². The van der Waals surface area contributed by atoms with Crippen molar-refractivity contribution in [2.75, 3.05) is 37.9 Å². The number of hydrogen-bond donors (Lipinski definition) is 1. The van der Waals surface area contributed by atoms with Gasteiger partial charge < -0.3 is 20.1 Å². The lowest BCUT2D eigenvalue weighted by Crippen LogP contribution is -2.37. The molecule has 2 N–H and O–H groups in total. The van der Waals surface area contributed by atoms with Gasteiger partial charge in [-0.1, -0.05) is 6.07 Å². The number of pyridine rings is 1. The highest BCUT2D eigenvalue weighted by molar-refractivity contribution is 5.85. The van der Waals surface area contributed by atoms with E-state index in [1.165, 1.54) is 0 Å². The number of methoxy groups -OCH3 is 2. The highest BCUT2D eigenvalue weighted by Gasteiger charge is 2.40. The smallest absolute Gasteiger partial charge is 0.186 e. The van der Waals surface area contributed by atoms with Crippen molar-refractivity contribution < 1.29 is 9.47 Å².